The lowest BCUT2D eigenvalue weighted by atomic mass is 10.4. The molecule has 3 unspecified atom stereocenters. The highest BCUT2D eigenvalue weighted by Crippen LogP contribution is 2.10. The summed E-state index contributed by atoms with van der Waals surface area (Å²) < 4.78 is 27.0. The molecule has 0 bridgehead atoms. The van der Waals surface area contributed by atoms with Crippen LogP contribution in [-0.2, 0) is 23.4 Å². The van der Waals surface area contributed by atoms with Crippen molar-refractivity contribution in [3.8, 4) is 0 Å². The van der Waals surface area contributed by atoms with Crippen LogP contribution in [0.1, 0.15) is 26.7 Å². The van der Waals surface area contributed by atoms with Crippen molar-refractivity contribution in [2.24, 2.45) is 0 Å². The van der Waals surface area contributed by atoms with Gasteiger partial charge in [0.05, 0.1) is 19.8 Å². The van der Waals surface area contributed by atoms with E-state index in [0.29, 0.717) is 29.1 Å². The van der Waals surface area contributed by atoms with Crippen molar-refractivity contribution in [1.29, 1.82) is 0 Å². The van der Waals surface area contributed by atoms with Crippen molar-refractivity contribution in [2.45, 2.75) is 51.4 Å². The highest BCUT2D eigenvalue weighted by Gasteiger charge is 2.22. The van der Waals surface area contributed by atoms with E-state index in [9.17, 15) is 0 Å². The lowest BCUT2D eigenvalue weighted by molar-refractivity contribution is -0.206. The first kappa shape index (κ1) is 16.1. The summed E-state index contributed by atoms with van der Waals surface area (Å²) in [6.07, 6.45) is 1.65. The van der Waals surface area contributed by atoms with Gasteiger partial charge in [0.25, 0.3) is 0 Å². The van der Waals surface area contributed by atoms with Gasteiger partial charge < -0.3 is 23.4 Å². The monoisotopic (exact) mass is 276 g/mol. The van der Waals surface area contributed by atoms with Crippen LogP contribution in [0.4, 0.5) is 0 Å². The summed E-state index contributed by atoms with van der Waals surface area (Å²) in [7, 11) is 2.09. The van der Waals surface area contributed by atoms with Gasteiger partial charge in [0.15, 0.2) is 12.6 Å². The smallest absolute Gasteiger partial charge is 0.233 e. The molecule has 1 heterocycles. The Hall–Kier alpha value is 0.0169. The van der Waals surface area contributed by atoms with Gasteiger partial charge in [-0.2, -0.15) is 0 Å². The molecule has 3 atom stereocenters. The minimum absolute atomic E-state index is 0.245. The number of methoxy groups -OCH3 is 1. The molecule has 0 amide bonds. The fourth-order valence-corrected chi connectivity index (χ4v) is 1.92. The molecule has 0 aromatic rings. The zero-order valence-corrected chi connectivity index (χ0v) is 12.5. The largest absolute Gasteiger partial charge is 0.393 e. The molecule has 0 aromatic heterocycles. The van der Waals surface area contributed by atoms with Crippen LogP contribution in [-0.4, -0.2) is 55.4 Å². The summed E-state index contributed by atoms with van der Waals surface area (Å²) in [5, 5.41) is 0. The molecule has 6 heteroatoms. The summed E-state index contributed by atoms with van der Waals surface area (Å²) >= 11 is 0. The highest BCUT2D eigenvalue weighted by molar-refractivity contribution is 6.27. The van der Waals surface area contributed by atoms with Gasteiger partial charge in [-0.15, -0.1) is 0 Å². The van der Waals surface area contributed by atoms with E-state index in [-0.39, 0.29) is 12.6 Å². The van der Waals surface area contributed by atoms with Gasteiger partial charge in [-0.1, -0.05) is 13.3 Å². The number of ether oxygens (including phenoxy) is 4. The Morgan fingerprint density at radius 1 is 1.44 bits per heavy atom. The molecule has 5 nitrogen and oxygen atoms in total. The Bertz CT molecular complexity index is 201. The van der Waals surface area contributed by atoms with Crippen molar-refractivity contribution in [2.75, 3.05) is 26.9 Å². The van der Waals surface area contributed by atoms with Crippen LogP contribution in [0.15, 0.2) is 0 Å². The van der Waals surface area contributed by atoms with Gasteiger partial charge in [-0.25, -0.2) is 0 Å². The normalized spacial score (nSPS) is 21.8. The molecule has 106 valence electrons. The predicted molar refractivity (Wildman–Crippen MR) is 68.5 cm³/mol. The SMILES string of the molecule is CCC[Si]OC(CCOCC1CO1)OC(C)OC. The first-order valence-corrected chi connectivity index (χ1v) is 7.64. The standard InChI is InChI=1S/C12H24O5Si/c1-4-7-18-17-12(16-10(2)13-3)5-6-14-8-11-9-15-11/h10-12H,4-9H2,1-3H3. The van der Waals surface area contributed by atoms with Crippen LogP contribution in [0, 0.1) is 0 Å². The molecule has 1 rings (SSSR count). The van der Waals surface area contributed by atoms with E-state index < -0.39 is 0 Å². The van der Waals surface area contributed by atoms with Crippen molar-refractivity contribution < 1.29 is 23.4 Å². The van der Waals surface area contributed by atoms with E-state index in [1.807, 2.05) is 6.92 Å². The average Bonchev–Trinajstić information content (AvgIpc) is 3.18. The summed E-state index contributed by atoms with van der Waals surface area (Å²) in [6, 6.07) is 1.07. The molecule has 18 heavy (non-hydrogen) atoms. The zero-order valence-electron chi connectivity index (χ0n) is 11.5. The molecule has 0 spiro atoms. The Labute approximate surface area is 112 Å². The third-order valence-corrected chi connectivity index (χ3v) is 3.58. The van der Waals surface area contributed by atoms with Gasteiger partial charge >= 0.3 is 0 Å². The molecule has 2 radical (unpaired) electrons. The second-order valence-corrected chi connectivity index (χ2v) is 5.22. The van der Waals surface area contributed by atoms with Crippen molar-refractivity contribution in [3.63, 3.8) is 0 Å². The molecule has 0 N–H and O–H groups in total. The fraction of sp³-hybridized carbons (Fsp3) is 1.00. The molecular weight excluding hydrogens is 252 g/mol. The summed E-state index contributed by atoms with van der Waals surface area (Å²) in [4.78, 5) is 0. The third kappa shape index (κ3) is 8.18. The van der Waals surface area contributed by atoms with E-state index in [2.05, 4.69) is 6.92 Å². The fourth-order valence-electron chi connectivity index (χ4n) is 1.24. The quantitative estimate of drug-likeness (QED) is 0.234. The molecule has 1 aliphatic rings. The molecular formula is C12H24O5Si. The molecule has 0 saturated carbocycles. The Balaban J connectivity index is 2.10. The van der Waals surface area contributed by atoms with Gasteiger partial charge in [-0.05, 0) is 13.0 Å². The highest BCUT2D eigenvalue weighted by atomic mass is 28.2. The lowest BCUT2D eigenvalue weighted by Gasteiger charge is -2.21. The van der Waals surface area contributed by atoms with Crippen LogP contribution in [0.25, 0.3) is 0 Å². The average molecular weight is 276 g/mol. The maximum atomic E-state index is 5.69. The first-order chi connectivity index (χ1) is 8.76. The van der Waals surface area contributed by atoms with E-state index >= 15 is 0 Å². The maximum absolute atomic E-state index is 5.69. The minimum Gasteiger partial charge on any atom is -0.393 e. The topological polar surface area (TPSA) is 49.5 Å². The van der Waals surface area contributed by atoms with Gasteiger partial charge in [0.1, 0.15) is 6.10 Å². The lowest BCUT2D eigenvalue weighted by Crippen LogP contribution is -2.27. The van der Waals surface area contributed by atoms with E-state index in [0.717, 1.165) is 25.5 Å². The Morgan fingerprint density at radius 3 is 2.83 bits per heavy atom. The predicted octanol–water partition coefficient (Wildman–Crippen LogP) is 1.59. The van der Waals surface area contributed by atoms with Gasteiger partial charge in [0.2, 0.25) is 9.76 Å². The van der Waals surface area contributed by atoms with Crippen molar-refractivity contribution in [3.05, 3.63) is 0 Å². The summed E-state index contributed by atoms with van der Waals surface area (Å²) in [5.74, 6) is 0. The molecule has 1 aliphatic heterocycles. The number of hydrogen-bond donors (Lipinski definition) is 0. The van der Waals surface area contributed by atoms with Crippen molar-refractivity contribution in [1.82, 2.24) is 0 Å². The summed E-state index contributed by atoms with van der Waals surface area (Å²) in [5.41, 5.74) is 0. The zero-order chi connectivity index (χ0) is 13.2. The van der Waals surface area contributed by atoms with E-state index in [1.165, 1.54) is 0 Å². The van der Waals surface area contributed by atoms with Crippen molar-refractivity contribution >= 4 is 9.76 Å². The number of hydrogen-bond acceptors (Lipinski definition) is 5. The van der Waals surface area contributed by atoms with Crippen LogP contribution >= 0.6 is 0 Å². The van der Waals surface area contributed by atoms with Crippen LogP contribution < -0.4 is 0 Å². The maximum Gasteiger partial charge on any atom is 0.233 e. The van der Waals surface area contributed by atoms with E-state index in [4.69, 9.17) is 23.4 Å². The van der Waals surface area contributed by atoms with Gasteiger partial charge in [-0.3, -0.25) is 0 Å². The molecule has 0 aromatic carbocycles. The Kier molecular flexibility index (Phi) is 8.82. The van der Waals surface area contributed by atoms with Crippen LogP contribution in [0.3, 0.4) is 0 Å². The molecule has 1 saturated heterocycles. The number of epoxide rings is 1. The second kappa shape index (κ2) is 9.88. The minimum atomic E-state index is -0.256. The summed E-state index contributed by atoms with van der Waals surface area (Å²) in [6.45, 7) is 6.12. The second-order valence-electron chi connectivity index (χ2n) is 4.20. The van der Waals surface area contributed by atoms with Crippen LogP contribution in [0.5, 0.6) is 0 Å². The third-order valence-electron chi connectivity index (χ3n) is 2.45. The van der Waals surface area contributed by atoms with Crippen LogP contribution in [0.2, 0.25) is 6.04 Å². The molecule has 1 fully saturated rings. The Morgan fingerprint density at radius 2 is 2.22 bits per heavy atom. The van der Waals surface area contributed by atoms with E-state index in [1.54, 1.807) is 7.11 Å². The number of rotatable bonds is 12. The first-order valence-electron chi connectivity index (χ1n) is 6.52. The van der Waals surface area contributed by atoms with Gasteiger partial charge in [0, 0.05) is 13.5 Å². The molecule has 0 aliphatic carbocycles.